The van der Waals surface area contributed by atoms with Gasteiger partial charge in [0.2, 0.25) is 0 Å². The Balaban J connectivity index is 3.99. The fourth-order valence-corrected chi connectivity index (χ4v) is 1.17. The molecule has 0 aromatic rings. The van der Waals surface area contributed by atoms with Crippen LogP contribution in [0.2, 0.25) is 0 Å². The molecule has 0 aliphatic heterocycles. The molecule has 0 aromatic carbocycles. The lowest BCUT2D eigenvalue weighted by molar-refractivity contribution is 0.268. The van der Waals surface area contributed by atoms with Gasteiger partial charge >= 0.3 is 0 Å². The summed E-state index contributed by atoms with van der Waals surface area (Å²) in [6.07, 6.45) is 1.94. The Bertz CT molecular complexity index is 106. The molecule has 0 heterocycles. The number of hydrogen-bond acceptors (Lipinski definition) is 3. The third-order valence-electron chi connectivity index (χ3n) is 2.51. The maximum atomic E-state index is 3.89. The summed E-state index contributed by atoms with van der Waals surface area (Å²) in [6.45, 7) is 6.04. The van der Waals surface area contributed by atoms with E-state index in [0.29, 0.717) is 6.04 Å². The molecule has 3 heteroatoms. The van der Waals surface area contributed by atoms with Gasteiger partial charge in [0.05, 0.1) is 5.66 Å². The molecule has 3 N–H and O–H groups in total. The lowest BCUT2D eigenvalue weighted by atomic mass is 10.0. The number of hydrogen-bond donors (Lipinski definition) is 3. The molecule has 0 aromatic heterocycles. The van der Waals surface area contributed by atoms with Gasteiger partial charge in [-0.05, 0) is 40.9 Å². The Labute approximate surface area is 76.3 Å². The van der Waals surface area contributed by atoms with Crippen molar-refractivity contribution in [1.82, 2.24) is 16.0 Å². The highest BCUT2D eigenvalue weighted by atomic mass is 15.2. The van der Waals surface area contributed by atoms with Gasteiger partial charge in [0, 0.05) is 6.04 Å². The van der Waals surface area contributed by atoms with Crippen LogP contribution in [0.1, 0.15) is 19.8 Å². The summed E-state index contributed by atoms with van der Waals surface area (Å²) in [5, 5.41) is 9.73. The van der Waals surface area contributed by atoms with Gasteiger partial charge in [0.15, 0.2) is 0 Å². The Morgan fingerprint density at radius 2 is 1.75 bits per heavy atom. The quantitative estimate of drug-likeness (QED) is 0.506. The van der Waals surface area contributed by atoms with Gasteiger partial charge in [0.1, 0.15) is 0 Å². The van der Waals surface area contributed by atoms with Crippen molar-refractivity contribution in [2.24, 2.45) is 0 Å². The van der Waals surface area contributed by atoms with E-state index in [-0.39, 0.29) is 5.66 Å². The first-order valence-corrected chi connectivity index (χ1v) is 4.46. The second-order valence-electron chi connectivity index (χ2n) is 3.31. The maximum Gasteiger partial charge on any atom is 0.0668 e. The third kappa shape index (κ3) is 3.52. The smallest absolute Gasteiger partial charge is 0.0668 e. The van der Waals surface area contributed by atoms with Crippen molar-refractivity contribution in [3.05, 3.63) is 6.92 Å². The molecule has 1 unspecified atom stereocenters. The van der Waals surface area contributed by atoms with Gasteiger partial charge in [-0.25, -0.2) is 0 Å². The second-order valence-corrected chi connectivity index (χ2v) is 3.31. The summed E-state index contributed by atoms with van der Waals surface area (Å²) in [5.41, 5.74) is 0.00532. The largest absolute Gasteiger partial charge is 0.317 e. The summed E-state index contributed by atoms with van der Waals surface area (Å²) < 4.78 is 0. The number of rotatable bonds is 6. The molecule has 0 fully saturated rings. The molecule has 0 rings (SSSR count). The Morgan fingerprint density at radius 1 is 1.25 bits per heavy atom. The topological polar surface area (TPSA) is 36.1 Å². The van der Waals surface area contributed by atoms with E-state index in [1.165, 1.54) is 0 Å². The van der Waals surface area contributed by atoms with Crippen molar-refractivity contribution in [1.29, 1.82) is 0 Å². The van der Waals surface area contributed by atoms with E-state index >= 15 is 0 Å². The number of nitrogens with one attached hydrogen (secondary N) is 3. The average molecular weight is 172 g/mol. The van der Waals surface area contributed by atoms with Crippen molar-refractivity contribution in [3.63, 3.8) is 0 Å². The van der Waals surface area contributed by atoms with Gasteiger partial charge in [-0.15, -0.1) is 0 Å². The van der Waals surface area contributed by atoms with E-state index in [9.17, 15) is 0 Å². The summed E-state index contributed by atoms with van der Waals surface area (Å²) in [7, 11) is 5.90. The molecule has 0 saturated carbocycles. The lowest BCUT2D eigenvalue weighted by Crippen LogP contribution is -2.54. The van der Waals surface area contributed by atoms with Gasteiger partial charge in [-0.3, -0.25) is 0 Å². The zero-order valence-electron chi connectivity index (χ0n) is 8.70. The van der Waals surface area contributed by atoms with E-state index in [0.717, 1.165) is 12.8 Å². The van der Waals surface area contributed by atoms with Crippen LogP contribution in [0.4, 0.5) is 0 Å². The van der Waals surface area contributed by atoms with Crippen molar-refractivity contribution in [2.75, 3.05) is 21.1 Å². The predicted octanol–water partition coefficient (Wildman–Crippen LogP) is 0.344. The van der Waals surface area contributed by atoms with E-state index < -0.39 is 0 Å². The van der Waals surface area contributed by atoms with E-state index in [4.69, 9.17) is 0 Å². The normalized spacial score (nSPS) is 14.8. The van der Waals surface area contributed by atoms with Gasteiger partial charge in [0.25, 0.3) is 0 Å². The van der Waals surface area contributed by atoms with Crippen LogP contribution in [0.15, 0.2) is 0 Å². The van der Waals surface area contributed by atoms with Crippen LogP contribution in [0.25, 0.3) is 0 Å². The van der Waals surface area contributed by atoms with Crippen LogP contribution in [0.3, 0.4) is 0 Å². The Morgan fingerprint density at radius 3 is 2.00 bits per heavy atom. The van der Waals surface area contributed by atoms with Gasteiger partial charge < -0.3 is 16.0 Å². The first-order chi connectivity index (χ1) is 5.61. The van der Waals surface area contributed by atoms with Crippen molar-refractivity contribution >= 4 is 0 Å². The molecule has 0 amide bonds. The highest BCUT2D eigenvalue weighted by molar-refractivity contribution is 4.83. The molecule has 0 aliphatic rings. The first-order valence-electron chi connectivity index (χ1n) is 4.46. The Kier molecular flexibility index (Phi) is 5.46. The van der Waals surface area contributed by atoms with Crippen LogP contribution in [-0.4, -0.2) is 32.8 Å². The minimum Gasteiger partial charge on any atom is -0.317 e. The minimum atomic E-state index is 0.00532. The lowest BCUT2D eigenvalue weighted by Gasteiger charge is -2.32. The minimum absolute atomic E-state index is 0.00532. The third-order valence-corrected chi connectivity index (χ3v) is 2.51. The van der Waals surface area contributed by atoms with Crippen LogP contribution >= 0.6 is 0 Å². The van der Waals surface area contributed by atoms with Crippen molar-refractivity contribution in [2.45, 2.75) is 31.5 Å². The zero-order valence-corrected chi connectivity index (χ0v) is 8.70. The predicted molar refractivity (Wildman–Crippen MR) is 54.0 cm³/mol. The van der Waals surface area contributed by atoms with Gasteiger partial charge in [-0.2, -0.15) is 0 Å². The fraction of sp³-hybridized carbons (Fsp3) is 0.889. The van der Waals surface area contributed by atoms with Crippen LogP contribution in [0.5, 0.6) is 0 Å². The SMILES string of the molecule is [CH2]CC(CC(C)(NC)NC)NC. The summed E-state index contributed by atoms with van der Waals surface area (Å²) >= 11 is 0. The molecule has 0 bridgehead atoms. The summed E-state index contributed by atoms with van der Waals surface area (Å²) in [6, 6.07) is 0.467. The average Bonchev–Trinajstić information content (AvgIpc) is 2.14. The zero-order chi connectivity index (χ0) is 9.61. The first kappa shape index (κ1) is 11.9. The molecule has 1 radical (unpaired) electrons. The monoisotopic (exact) mass is 172 g/mol. The molecular weight excluding hydrogens is 150 g/mol. The molecule has 12 heavy (non-hydrogen) atoms. The molecule has 0 saturated heterocycles. The molecule has 0 spiro atoms. The molecule has 73 valence electrons. The fourth-order valence-electron chi connectivity index (χ4n) is 1.17. The van der Waals surface area contributed by atoms with Crippen molar-refractivity contribution in [3.8, 4) is 0 Å². The standard InChI is InChI=1S/C9H22N3/c1-6-8(10-3)7-9(2,11-4)12-5/h8,10-12H,1,6-7H2,2-5H3. The highest BCUT2D eigenvalue weighted by Gasteiger charge is 2.22. The molecule has 0 aliphatic carbocycles. The molecular formula is C9H22N3. The van der Waals surface area contributed by atoms with E-state index in [1.807, 2.05) is 21.1 Å². The highest BCUT2D eigenvalue weighted by Crippen LogP contribution is 2.09. The Hall–Kier alpha value is -0.120. The van der Waals surface area contributed by atoms with Crippen LogP contribution < -0.4 is 16.0 Å². The van der Waals surface area contributed by atoms with Crippen LogP contribution in [-0.2, 0) is 0 Å². The summed E-state index contributed by atoms with van der Waals surface area (Å²) in [4.78, 5) is 0. The molecule has 3 nitrogen and oxygen atoms in total. The summed E-state index contributed by atoms with van der Waals surface area (Å²) in [5.74, 6) is 0. The second kappa shape index (κ2) is 5.51. The van der Waals surface area contributed by atoms with E-state index in [2.05, 4.69) is 29.8 Å². The van der Waals surface area contributed by atoms with Crippen LogP contribution in [0, 0.1) is 6.92 Å². The molecule has 1 atom stereocenters. The maximum absolute atomic E-state index is 3.89. The van der Waals surface area contributed by atoms with Crippen molar-refractivity contribution < 1.29 is 0 Å². The van der Waals surface area contributed by atoms with E-state index in [1.54, 1.807) is 0 Å². The van der Waals surface area contributed by atoms with Gasteiger partial charge in [-0.1, -0.05) is 6.92 Å².